The summed E-state index contributed by atoms with van der Waals surface area (Å²) in [6.45, 7) is 1.83. The molecule has 7 nitrogen and oxygen atoms in total. The molecule has 2 aromatic carbocycles. The molecule has 154 valence electrons. The van der Waals surface area contributed by atoms with Gasteiger partial charge in [0, 0.05) is 29.1 Å². The minimum atomic E-state index is -0.283. The van der Waals surface area contributed by atoms with E-state index in [0.717, 1.165) is 5.56 Å². The van der Waals surface area contributed by atoms with Crippen molar-refractivity contribution in [2.24, 2.45) is 5.10 Å². The van der Waals surface area contributed by atoms with Crippen LogP contribution in [-0.4, -0.2) is 32.2 Å². The van der Waals surface area contributed by atoms with E-state index < -0.39 is 0 Å². The molecule has 0 aliphatic rings. The van der Waals surface area contributed by atoms with E-state index >= 15 is 0 Å². The maximum absolute atomic E-state index is 12.0. The van der Waals surface area contributed by atoms with Crippen LogP contribution in [0.3, 0.4) is 0 Å². The number of hydrogen-bond donors (Lipinski definition) is 2. The monoisotopic (exact) mass is 417 g/mol. The van der Waals surface area contributed by atoms with Crippen LogP contribution in [0.5, 0.6) is 11.5 Å². The number of carbonyl (C=O) groups excluding carboxylic acids is 2. The summed E-state index contributed by atoms with van der Waals surface area (Å²) in [7, 11) is 3.11. The predicted molar refractivity (Wildman–Crippen MR) is 114 cm³/mol. The van der Waals surface area contributed by atoms with Crippen molar-refractivity contribution >= 4 is 35.3 Å². The van der Waals surface area contributed by atoms with Gasteiger partial charge in [0.25, 0.3) is 0 Å². The lowest BCUT2D eigenvalue weighted by molar-refractivity contribution is -0.121. The first kappa shape index (κ1) is 22.2. The molecule has 0 bridgehead atoms. The van der Waals surface area contributed by atoms with Gasteiger partial charge in [-0.25, -0.2) is 5.43 Å². The molecule has 8 heteroatoms. The molecule has 0 atom stereocenters. The molecule has 0 aromatic heterocycles. The number of hydrogen-bond acceptors (Lipinski definition) is 5. The van der Waals surface area contributed by atoms with Gasteiger partial charge in [-0.2, -0.15) is 5.10 Å². The Morgan fingerprint density at radius 3 is 2.59 bits per heavy atom. The van der Waals surface area contributed by atoms with E-state index in [2.05, 4.69) is 15.8 Å². The molecule has 0 heterocycles. The lowest BCUT2D eigenvalue weighted by atomic mass is 10.2. The minimum Gasteiger partial charge on any atom is -0.497 e. The van der Waals surface area contributed by atoms with Crippen molar-refractivity contribution in [3.05, 3.63) is 52.5 Å². The van der Waals surface area contributed by atoms with Gasteiger partial charge in [-0.15, -0.1) is 0 Å². The summed E-state index contributed by atoms with van der Waals surface area (Å²) in [6, 6.07) is 10.6. The van der Waals surface area contributed by atoms with Gasteiger partial charge in [0.05, 0.1) is 20.4 Å². The van der Waals surface area contributed by atoms with Gasteiger partial charge >= 0.3 is 0 Å². The molecular weight excluding hydrogens is 394 g/mol. The predicted octanol–water partition coefficient (Wildman–Crippen LogP) is 3.92. The van der Waals surface area contributed by atoms with Crippen LogP contribution < -0.4 is 20.2 Å². The van der Waals surface area contributed by atoms with Gasteiger partial charge in [-0.3, -0.25) is 9.59 Å². The van der Waals surface area contributed by atoms with Gasteiger partial charge in [0.15, 0.2) is 0 Å². The summed E-state index contributed by atoms with van der Waals surface area (Å²) in [5, 5.41) is 7.33. The second-order valence-electron chi connectivity index (χ2n) is 6.22. The van der Waals surface area contributed by atoms with Crippen LogP contribution in [0.25, 0.3) is 0 Å². The van der Waals surface area contributed by atoms with Gasteiger partial charge in [-0.05, 0) is 49.2 Å². The average Bonchev–Trinajstić information content (AvgIpc) is 2.71. The first-order chi connectivity index (χ1) is 13.9. The number of anilines is 1. The molecule has 2 aromatic rings. The lowest BCUT2D eigenvalue weighted by Crippen LogP contribution is -2.18. The number of halogens is 1. The molecule has 0 saturated carbocycles. The van der Waals surface area contributed by atoms with E-state index in [4.69, 9.17) is 21.1 Å². The van der Waals surface area contributed by atoms with Crippen LogP contribution in [0.1, 0.15) is 30.4 Å². The van der Waals surface area contributed by atoms with Crippen molar-refractivity contribution < 1.29 is 19.1 Å². The SMILES string of the molecule is COc1ccc(OC)c(/C=N\NC(=O)CCCC(=O)Nc2cccc(Cl)c2C)c1. The number of ether oxygens (including phenoxy) is 2. The van der Waals surface area contributed by atoms with Crippen molar-refractivity contribution in [3.63, 3.8) is 0 Å². The van der Waals surface area contributed by atoms with Gasteiger partial charge in [0.2, 0.25) is 11.8 Å². The van der Waals surface area contributed by atoms with Crippen LogP contribution in [-0.2, 0) is 9.59 Å². The quantitative estimate of drug-likeness (QED) is 0.478. The number of nitrogens with one attached hydrogen (secondary N) is 2. The molecule has 0 spiro atoms. The summed E-state index contributed by atoms with van der Waals surface area (Å²) in [6.07, 6.45) is 2.27. The van der Waals surface area contributed by atoms with Crippen molar-refractivity contribution in [2.45, 2.75) is 26.2 Å². The van der Waals surface area contributed by atoms with Crippen LogP contribution in [0.2, 0.25) is 5.02 Å². The molecule has 0 aliphatic carbocycles. The van der Waals surface area contributed by atoms with E-state index in [1.54, 1.807) is 50.6 Å². The smallest absolute Gasteiger partial charge is 0.240 e. The van der Waals surface area contributed by atoms with E-state index in [9.17, 15) is 9.59 Å². The number of rotatable bonds is 9. The molecule has 0 fully saturated rings. The molecule has 29 heavy (non-hydrogen) atoms. The Bertz CT molecular complexity index is 899. The number of methoxy groups -OCH3 is 2. The minimum absolute atomic E-state index is 0.173. The number of benzene rings is 2. The van der Waals surface area contributed by atoms with Crippen molar-refractivity contribution in [1.29, 1.82) is 0 Å². The zero-order chi connectivity index (χ0) is 21.2. The van der Waals surface area contributed by atoms with Gasteiger partial charge < -0.3 is 14.8 Å². The van der Waals surface area contributed by atoms with Crippen LogP contribution in [0.15, 0.2) is 41.5 Å². The van der Waals surface area contributed by atoms with Gasteiger partial charge in [-0.1, -0.05) is 17.7 Å². The standard InChI is InChI=1S/C21H24ClN3O4/c1-14-17(22)6-4-7-18(14)24-20(26)8-5-9-21(27)25-23-13-15-12-16(28-2)10-11-19(15)29-3/h4,6-7,10-13H,5,8-9H2,1-3H3,(H,24,26)(H,25,27)/b23-13-. The molecule has 0 saturated heterocycles. The highest BCUT2D eigenvalue weighted by Crippen LogP contribution is 2.23. The fourth-order valence-electron chi connectivity index (χ4n) is 2.54. The first-order valence-corrected chi connectivity index (χ1v) is 9.41. The summed E-state index contributed by atoms with van der Waals surface area (Å²) in [4.78, 5) is 24.0. The fraction of sp³-hybridized carbons (Fsp3) is 0.286. The highest BCUT2D eigenvalue weighted by atomic mass is 35.5. The number of nitrogens with zero attached hydrogens (tertiary/aromatic N) is 1. The molecule has 0 aliphatic heterocycles. The van der Waals surface area contributed by atoms with E-state index in [-0.39, 0.29) is 24.7 Å². The second-order valence-corrected chi connectivity index (χ2v) is 6.62. The largest absolute Gasteiger partial charge is 0.497 e. The summed E-state index contributed by atoms with van der Waals surface area (Å²) < 4.78 is 10.4. The molecule has 2 N–H and O–H groups in total. The number of amides is 2. The Labute approximate surface area is 175 Å². The molecule has 0 unspecified atom stereocenters. The van der Waals surface area contributed by atoms with E-state index in [1.165, 1.54) is 6.21 Å². The summed E-state index contributed by atoms with van der Waals surface area (Å²) in [5.74, 6) is 0.805. The third kappa shape index (κ3) is 6.80. The average molecular weight is 418 g/mol. The Balaban J connectivity index is 1.78. The molecule has 2 rings (SSSR count). The highest BCUT2D eigenvalue weighted by Gasteiger charge is 2.08. The highest BCUT2D eigenvalue weighted by molar-refractivity contribution is 6.31. The molecular formula is C21H24ClN3O4. The maximum atomic E-state index is 12.0. The summed E-state index contributed by atoms with van der Waals surface area (Å²) >= 11 is 6.04. The Hall–Kier alpha value is -3.06. The molecule has 0 radical (unpaired) electrons. The third-order valence-electron chi connectivity index (χ3n) is 4.18. The van der Waals surface area contributed by atoms with Gasteiger partial charge in [0.1, 0.15) is 11.5 Å². The summed E-state index contributed by atoms with van der Waals surface area (Å²) in [5.41, 5.74) is 4.59. The Morgan fingerprint density at radius 2 is 1.86 bits per heavy atom. The topological polar surface area (TPSA) is 89.0 Å². The van der Waals surface area contributed by atoms with Crippen molar-refractivity contribution in [3.8, 4) is 11.5 Å². The van der Waals surface area contributed by atoms with E-state index in [1.807, 2.05) is 6.92 Å². The lowest BCUT2D eigenvalue weighted by Gasteiger charge is -2.09. The number of carbonyl (C=O) groups is 2. The Morgan fingerprint density at radius 1 is 1.10 bits per heavy atom. The Kier molecular flexibility index (Phi) is 8.48. The van der Waals surface area contributed by atoms with Crippen LogP contribution >= 0.6 is 11.6 Å². The third-order valence-corrected chi connectivity index (χ3v) is 4.59. The second kappa shape index (κ2) is 11.1. The normalized spacial score (nSPS) is 10.6. The van der Waals surface area contributed by atoms with E-state index in [0.29, 0.717) is 34.2 Å². The number of hydrazone groups is 1. The zero-order valence-electron chi connectivity index (χ0n) is 16.6. The molecule has 2 amide bonds. The fourth-order valence-corrected chi connectivity index (χ4v) is 2.71. The van der Waals surface area contributed by atoms with Crippen LogP contribution in [0, 0.1) is 6.92 Å². The zero-order valence-corrected chi connectivity index (χ0v) is 17.4. The van der Waals surface area contributed by atoms with Crippen molar-refractivity contribution in [1.82, 2.24) is 5.43 Å². The van der Waals surface area contributed by atoms with Crippen molar-refractivity contribution in [2.75, 3.05) is 19.5 Å². The van der Waals surface area contributed by atoms with Crippen LogP contribution in [0.4, 0.5) is 5.69 Å². The maximum Gasteiger partial charge on any atom is 0.240 e. The first-order valence-electron chi connectivity index (χ1n) is 9.03.